The van der Waals surface area contributed by atoms with E-state index in [-0.39, 0.29) is 0 Å². The number of halogens is 1. The molecule has 0 saturated carbocycles. The van der Waals surface area contributed by atoms with Crippen molar-refractivity contribution < 1.29 is 4.42 Å². The second-order valence-corrected chi connectivity index (χ2v) is 6.39. The van der Waals surface area contributed by atoms with E-state index >= 15 is 0 Å². The van der Waals surface area contributed by atoms with Crippen LogP contribution >= 0.6 is 15.9 Å². The molecule has 0 unspecified atom stereocenters. The van der Waals surface area contributed by atoms with E-state index in [0.717, 1.165) is 10.0 Å². The Kier molecular flexibility index (Phi) is 4.72. The highest BCUT2D eigenvalue weighted by Gasteiger charge is 2.05. The molecule has 3 aromatic rings. The second kappa shape index (κ2) is 6.92. The summed E-state index contributed by atoms with van der Waals surface area (Å²) in [5.41, 5.74) is 4.80. The molecule has 3 nitrogen and oxygen atoms in total. The molecule has 0 saturated heterocycles. The predicted octanol–water partition coefficient (Wildman–Crippen LogP) is 5.21. The summed E-state index contributed by atoms with van der Waals surface area (Å²) >= 11 is 3.43. The quantitative estimate of drug-likeness (QED) is 0.634. The van der Waals surface area contributed by atoms with Gasteiger partial charge in [-0.3, -0.25) is 0 Å². The average Bonchev–Trinajstić information content (AvgIpc) is 2.97. The molecule has 0 radical (unpaired) electrons. The van der Waals surface area contributed by atoms with Crippen LogP contribution in [0.15, 0.2) is 51.4 Å². The third-order valence-corrected chi connectivity index (χ3v) is 4.21. The summed E-state index contributed by atoms with van der Waals surface area (Å²) in [6, 6.07) is 14.4. The molecule has 2 aromatic carbocycles. The summed E-state index contributed by atoms with van der Waals surface area (Å²) in [6.07, 6.45) is 4.53. The van der Waals surface area contributed by atoms with Crippen LogP contribution < -0.4 is 0 Å². The van der Waals surface area contributed by atoms with Gasteiger partial charge in [0.05, 0.1) is 6.42 Å². The zero-order chi connectivity index (χ0) is 16.2. The summed E-state index contributed by atoms with van der Waals surface area (Å²) < 4.78 is 6.76. The van der Waals surface area contributed by atoms with Gasteiger partial charge < -0.3 is 4.42 Å². The van der Waals surface area contributed by atoms with E-state index < -0.39 is 0 Å². The topological polar surface area (TPSA) is 38.9 Å². The molecular weight excluding hydrogens is 352 g/mol. The largest absolute Gasteiger partial charge is 0.421 e. The summed E-state index contributed by atoms with van der Waals surface area (Å²) in [7, 11) is 0. The predicted molar refractivity (Wildman–Crippen MR) is 96.1 cm³/mol. The van der Waals surface area contributed by atoms with E-state index in [4.69, 9.17) is 4.42 Å². The molecule has 0 N–H and O–H groups in total. The fourth-order valence-electron chi connectivity index (χ4n) is 2.43. The molecule has 0 aliphatic rings. The molecule has 1 aromatic heterocycles. The van der Waals surface area contributed by atoms with Crippen molar-refractivity contribution in [2.24, 2.45) is 0 Å². The van der Waals surface area contributed by atoms with Gasteiger partial charge in [0.1, 0.15) is 0 Å². The van der Waals surface area contributed by atoms with Crippen LogP contribution in [0.5, 0.6) is 0 Å². The zero-order valence-corrected chi connectivity index (χ0v) is 14.7. The van der Waals surface area contributed by atoms with E-state index in [0.29, 0.717) is 18.2 Å². The van der Waals surface area contributed by atoms with Crippen LogP contribution in [0, 0.1) is 13.8 Å². The van der Waals surface area contributed by atoms with Crippen LogP contribution in [0.1, 0.15) is 34.0 Å². The van der Waals surface area contributed by atoms with E-state index in [1.807, 2.05) is 36.4 Å². The van der Waals surface area contributed by atoms with Crippen LogP contribution in [-0.2, 0) is 6.42 Å². The van der Waals surface area contributed by atoms with Gasteiger partial charge in [0.2, 0.25) is 11.8 Å². The monoisotopic (exact) mass is 368 g/mol. The first-order valence-electron chi connectivity index (χ1n) is 7.43. The maximum Gasteiger partial charge on any atom is 0.240 e. The van der Waals surface area contributed by atoms with Gasteiger partial charge in [-0.15, -0.1) is 10.2 Å². The molecule has 23 heavy (non-hydrogen) atoms. The fraction of sp³-hybridized carbons (Fsp3) is 0.158. The molecule has 0 spiro atoms. The molecule has 3 rings (SSSR count). The van der Waals surface area contributed by atoms with Gasteiger partial charge in [-0.25, -0.2) is 0 Å². The maximum atomic E-state index is 5.70. The number of benzene rings is 2. The Morgan fingerprint density at radius 1 is 0.957 bits per heavy atom. The number of hydrogen-bond acceptors (Lipinski definition) is 3. The van der Waals surface area contributed by atoms with Crippen LogP contribution in [0.2, 0.25) is 0 Å². The summed E-state index contributed by atoms with van der Waals surface area (Å²) in [6.45, 7) is 4.19. The molecule has 0 fully saturated rings. The lowest BCUT2D eigenvalue weighted by atomic mass is 10.0. The molecule has 0 bridgehead atoms. The number of nitrogens with zero attached hydrogens (tertiary/aromatic N) is 2. The minimum Gasteiger partial charge on any atom is -0.421 e. The van der Waals surface area contributed by atoms with Crippen molar-refractivity contribution in [1.29, 1.82) is 0 Å². The van der Waals surface area contributed by atoms with Crippen LogP contribution in [0.4, 0.5) is 0 Å². The van der Waals surface area contributed by atoms with Crippen molar-refractivity contribution in [2.45, 2.75) is 20.3 Å². The number of hydrogen-bond donors (Lipinski definition) is 0. The summed E-state index contributed by atoms with van der Waals surface area (Å²) in [5, 5.41) is 8.20. The minimum absolute atomic E-state index is 0.528. The Morgan fingerprint density at radius 3 is 2.35 bits per heavy atom. The highest BCUT2D eigenvalue weighted by Crippen LogP contribution is 2.17. The normalized spacial score (nSPS) is 11.3. The molecule has 0 amide bonds. The van der Waals surface area contributed by atoms with E-state index in [1.54, 1.807) is 0 Å². The highest BCUT2D eigenvalue weighted by molar-refractivity contribution is 9.10. The molecule has 4 heteroatoms. The Hall–Kier alpha value is -2.20. The molecule has 0 aliphatic carbocycles. The Labute approximate surface area is 144 Å². The third-order valence-electron chi connectivity index (χ3n) is 3.69. The Bertz CT molecular complexity index is 815. The molecule has 1 heterocycles. The second-order valence-electron chi connectivity index (χ2n) is 5.48. The smallest absolute Gasteiger partial charge is 0.240 e. The average molecular weight is 369 g/mol. The Morgan fingerprint density at radius 2 is 1.65 bits per heavy atom. The molecule has 116 valence electrons. The van der Waals surface area contributed by atoms with Gasteiger partial charge in [0, 0.05) is 10.5 Å². The lowest BCUT2D eigenvalue weighted by Crippen LogP contribution is -1.87. The summed E-state index contributed by atoms with van der Waals surface area (Å²) in [5.74, 6) is 1.15. The first-order chi connectivity index (χ1) is 11.1. The molecular formula is C19H17BrN2O. The van der Waals surface area contributed by atoms with Gasteiger partial charge in [-0.2, -0.15) is 0 Å². The van der Waals surface area contributed by atoms with Crippen molar-refractivity contribution >= 4 is 28.1 Å². The molecule has 0 atom stereocenters. The van der Waals surface area contributed by atoms with Crippen molar-refractivity contribution in [3.63, 3.8) is 0 Å². The third kappa shape index (κ3) is 3.96. The highest BCUT2D eigenvalue weighted by atomic mass is 79.9. The van der Waals surface area contributed by atoms with Gasteiger partial charge in [0.15, 0.2) is 0 Å². The lowest BCUT2D eigenvalue weighted by molar-refractivity contribution is 0.496. The summed E-state index contributed by atoms with van der Waals surface area (Å²) in [4.78, 5) is 0. The van der Waals surface area contributed by atoms with Crippen molar-refractivity contribution in [3.8, 4) is 0 Å². The fourth-order valence-corrected chi connectivity index (χ4v) is 2.69. The van der Waals surface area contributed by atoms with E-state index in [2.05, 4.69) is 58.2 Å². The van der Waals surface area contributed by atoms with Crippen molar-refractivity contribution in [3.05, 3.63) is 81.0 Å². The SMILES string of the molecule is Cc1cccc(C)c1C=Cc1nnc(Cc2ccc(Br)cc2)o1. The first-order valence-corrected chi connectivity index (χ1v) is 8.22. The lowest BCUT2D eigenvalue weighted by Gasteiger charge is -2.03. The van der Waals surface area contributed by atoms with Gasteiger partial charge >= 0.3 is 0 Å². The van der Waals surface area contributed by atoms with Crippen molar-refractivity contribution in [1.82, 2.24) is 10.2 Å². The van der Waals surface area contributed by atoms with Crippen molar-refractivity contribution in [2.75, 3.05) is 0 Å². The maximum absolute atomic E-state index is 5.70. The van der Waals surface area contributed by atoms with Gasteiger partial charge in [-0.05, 0) is 54.3 Å². The standard InChI is InChI=1S/C19H17BrN2O/c1-13-4-3-5-14(2)17(13)10-11-18-21-22-19(23-18)12-15-6-8-16(20)9-7-15/h3-11H,12H2,1-2H3. The van der Waals surface area contributed by atoms with Crippen LogP contribution in [0.25, 0.3) is 12.2 Å². The first kappa shape index (κ1) is 15.7. The van der Waals surface area contributed by atoms with E-state index in [1.165, 1.54) is 16.7 Å². The van der Waals surface area contributed by atoms with Gasteiger partial charge in [0.25, 0.3) is 0 Å². The zero-order valence-electron chi connectivity index (χ0n) is 13.1. The number of rotatable bonds is 4. The van der Waals surface area contributed by atoms with Crippen LogP contribution in [0.3, 0.4) is 0 Å². The minimum atomic E-state index is 0.528. The van der Waals surface area contributed by atoms with Gasteiger partial charge in [-0.1, -0.05) is 46.3 Å². The van der Waals surface area contributed by atoms with Crippen LogP contribution in [-0.4, -0.2) is 10.2 Å². The van der Waals surface area contributed by atoms with E-state index in [9.17, 15) is 0 Å². The number of aryl methyl sites for hydroxylation is 2. The Balaban J connectivity index is 1.74. The molecule has 0 aliphatic heterocycles. The number of aromatic nitrogens is 2.